The van der Waals surface area contributed by atoms with Crippen molar-refractivity contribution >= 4 is 23.1 Å². The van der Waals surface area contributed by atoms with Crippen LogP contribution in [0.25, 0.3) is 0 Å². The van der Waals surface area contributed by atoms with Crippen molar-refractivity contribution in [3.05, 3.63) is 101 Å². The third-order valence-electron chi connectivity index (χ3n) is 7.98. The Hall–Kier alpha value is -3.86. The molecule has 0 saturated carbocycles. The first-order valence-corrected chi connectivity index (χ1v) is 14.8. The molecule has 0 radical (unpaired) electrons. The first kappa shape index (κ1) is 27.7. The highest BCUT2D eigenvalue weighted by Gasteiger charge is 2.41. The number of para-hydroxylation sites is 2. The van der Waals surface area contributed by atoms with Gasteiger partial charge in [-0.1, -0.05) is 87.7 Å². The average Bonchev–Trinajstić information content (AvgIpc) is 3.13. The van der Waals surface area contributed by atoms with Gasteiger partial charge in [0.05, 0.1) is 24.0 Å². The molecule has 3 aromatic rings. The van der Waals surface area contributed by atoms with Crippen LogP contribution in [0, 0.1) is 0 Å². The summed E-state index contributed by atoms with van der Waals surface area (Å²) in [5.41, 5.74) is 5.40. The van der Waals surface area contributed by atoms with E-state index >= 15 is 0 Å². The first-order chi connectivity index (χ1) is 19.6. The number of ether oxygens (including phenoxy) is 1. The molecule has 0 bridgehead atoms. The summed E-state index contributed by atoms with van der Waals surface area (Å²) >= 11 is 0. The molecule has 1 aliphatic carbocycles. The maximum atomic E-state index is 14.1. The zero-order valence-corrected chi connectivity index (χ0v) is 23.7. The number of Topliss-reactive ketones (excluding diaryl/α,β-unsaturated/α-hetero) is 1. The number of benzene rings is 3. The van der Waals surface area contributed by atoms with E-state index in [1.165, 1.54) is 0 Å². The minimum atomic E-state index is -0.468. The standard InChI is InChI=1S/C35H40N2O3/c1-3-5-8-17-33(39)37-31-16-12-11-15-29(31)36-30-23-27(25-18-20-28(21-19-25)40-22-6-4-2)24-32(38)34(30)35(37)26-13-9-7-10-14-26/h7,9-16,18-21,27,35-36H,3-6,8,17,22-24H2,1-2H3. The summed E-state index contributed by atoms with van der Waals surface area (Å²) in [5.74, 6) is 1.06. The van der Waals surface area contributed by atoms with Crippen molar-refractivity contribution in [1.82, 2.24) is 0 Å². The Balaban J connectivity index is 1.53. The molecule has 5 rings (SSSR count). The van der Waals surface area contributed by atoms with Crippen LogP contribution in [0.3, 0.4) is 0 Å². The number of unbranched alkanes of at least 4 members (excludes halogenated alkanes) is 3. The van der Waals surface area contributed by atoms with Gasteiger partial charge < -0.3 is 10.1 Å². The van der Waals surface area contributed by atoms with E-state index in [0.717, 1.165) is 66.1 Å². The Kier molecular flexibility index (Phi) is 9.00. The fourth-order valence-corrected chi connectivity index (χ4v) is 5.87. The van der Waals surface area contributed by atoms with Gasteiger partial charge in [-0.3, -0.25) is 14.5 Å². The molecule has 1 N–H and O–H groups in total. The summed E-state index contributed by atoms with van der Waals surface area (Å²) in [6, 6.07) is 25.7. The van der Waals surface area contributed by atoms with E-state index in [2.05, 4.69) is 31.3 Å². The highest BCUT2D eigenvalue weighted by molar-refractivity contribution is 6.06. The molecule has 40 heavy (non-hydrogen) atoms. The van der Waals surface area contributed by atoms with Gasteiger partial charge in [0, 0.05) is 24.1 Å². The van der Waals surface area contributed by atoms with E-state index in [9.17, 15) is 9.59 Å². The van der Waals surface area contributed by atoms with Gasteiger partial charge in [0.2, 0.25) is 5.91 Å². The lowest BCUT2D eigenvalue weighted by Crippen LogP contribution is -2.38. The van der Waals surface area contributed by atoms with Crippen LogP contribution in [0.1, 0.15) is 88.3 Å². The van der Waals surface area contributed by atoms with Crippen LogP contribution in [0.15, 0.2) is 90.1 Å². The lowest BCUT2D eigenvalue weighted by atomic mass is 9.78. The Bertz CT molecular complexity index is 1350. The van der Waals surface area contributed by atoms with Crippen LogP contribution < -0.4 is 15.0 Å². The molecule has 1 amide bonds. The number of carbonyl (C=O) groups excluding carboxylic acids is 2. The number of anilines is 2. The molecule has 2 aliphatic rings. The van der Waals surface area contributed by atoms with Crippen molar-refractivity contribution in [2.75, 3.05) is 16.8 Å². The number of allylic oxidation sites excluding steroid dienone is 1. The molecular formula is C35H40N2O3. The topological polar surface area (TPSA) is 58.6 Å². The minimum Gasteiger partial charge on any atom is -0.494 e. The molecule has 0 saturated heterocycles. The van der Waals surface area contributed by atoms with E-state index < -0.39 is 6.04 Å². The van der Waals surface area contributed by atoms with Crippen molar-refractivity contribution in [1.29, 1.82) is 0 Å². The number of fused-ring (bicyclic) bond motifs is 1. The van der Waals surface area contributed by atoms with Gasteiger partial charge in [0.15, 0.2) is 5.78 Å². The van der Waals surface area contributed by atoms with Gasteiger partial charge in [-0.15, -0.1) is 0 Å². The fraction of sp³-hybridized carbons (Fsp3) is 0.371. The van der Waals surface area contributed by atoms with Gasteiger partial charge in [0.1, 0.15) is 5.75 Å². The lowest BCUT2D eigenvalue weighted by molar-refractivity contribution is -0.119. The number of hydrogen-bond donors (Lipinski definition) is 1. The number of nitrogens with one attached hydrogen (secondary N) is 1. The molecule has 0 aromatic heterocycles. The second kappa shape index (κ2) is 13.0. The van der Waals surface area contributed by atoms with Gasteiger partial charge in [-0.05, 0) is 60.6 Å². The summed E-state index contributed by atoms with van der Waals surface area (Å²) in [7, 11) is 0. The number of hydrogen-bond acceptors (Lipinski definition) is 4. The summed E-state index contributed by atoms with van der Waals surface area (Å²) < 4.78 is 5.86. The highest BCUT2D eigenvalue weighted by atomic mass is 16.5. The summed E-state index contributed by atoms with van der Waals surface area (Å²) in [6.45, 7) is 5.01. The maximum absolute atomic E-state index is 14.1. The number of amides is 1. The molecular weight excluding hydrogens is 496 g/mol. The van der Waals surface area contributed by atoms with Crippen molar-refractivity contribution in [3.63, 3.8) is 0 Å². The molecule has 0 spiro atoms. The zero-order chi connectivity index (χ0) is 27.9. The number of ketones is 1. The van der Waals surface area contributed by atoms with Crippen LogP contribution in [-0.2, 0) is 9.59 Å². The van der Waals surface area contributed by atoms with Crippen LogP contribution in [-0.4, -0.2) is 18.3 Å². The predicted molar refractivity (Wildman–Crippen MR) is 162 cm³/mol. The van der Waals surface area contributed by atoms with Crippen molar-refractivity contribution in [2.24, 2.45) is 0 Å². The van der Waals surface area contributed by atoms with E-state index in [4.69, 9.17) is 4.74 Å². The monoisotopic (exact) mass is 536 g/mol. The van der Waals surface area contributed by atoms with Crippen LogP contribution >= 0.6 is 0 Å². The maximum Gasteiger partial charge on any atom is 0.227 e. The second-order valence-electron chi connectivity index (χ2n) is 10.9. The van der Waals surface area contributed by atoms with Crippen LogP contribution in [0.2, 0.25) is 0 Å². The van der Waals surface area contributed by atoms with E-state index in [-0.39, 0.29) is 17.6 Å². The lowest BCUT2D eigenvalue weighted by Gasteiger charge is -2.35. The summed E-state index contributed by atoms with van der Waals surface area (Å²) in [6.07, 6.45) is 6.59. The molecule has 208 valence electrons. The number of carbonyl (C=O) groups is 2. The molecule has 1 heterocycles. The highest BCUT2D eigenvalue weighted by Crippen LogP contribution is 2.47. The third-order valence-corrected chi connectivity index (χ3v) is 7.98. The second-order valence-corrected chi connectivity index (χ2v) is 10.9. The fourth-order valence-electron chi connectivity index (χ4n) is 5.87. The Morgan fingerprint density at radius 3 is 2.33 bits per heavy atom. The van der Waals surface area contributed by atoms with Gasteiger partial charge >= 0.3 is 0 Å². The van der Waals surface area contributed by atoms with E-state index in [0.29, 0.717) is 31.4 Å². The molecule has 3 aromatic carbocycles. The third kappa shape index (κ3) is 5.99. The Morgan fingerprint density at radius 2 is 1.57 bits per heavy atom. The largest absolute Gasteiger partial charge is 0.494 e. The SMILES string of the molecule is CCCCCC(=O)N1c2ccccc2NC2=C(C(=O)CC(c3ccc(OCCCC)cc3)C2)C1c1ccccc1. The van der Waals surface area contributed by atoms with Crippen molar-refractivity contribution in [3.8, 4) is 5.75 Å². The Labute approximate surface area is 238 Å². The van der Waals surface area contributed by atoms with E-state index in [1.54, 1.807) is 0 Å². The average molecular weight is 537 g/mol. The molecule has 5 nitrogen and oxygen atoms in total. The van der Waals surface area contributed by atoms with Gasteiger partial charge in [-0.2, -0.15) is 0 Å². The minimum absolute atomic E-state index is 0.0545. The molecule has 5 heteroatoms. The molecule has 2 atom stereocenters. The van der Waals surface area contributed by atoms with Gasteiger partial charge in [0.25, 0.3) is 0 Å². The quantitative estimate of drug-likeness (QED) is 0.265. The number of nitrogens with zero attached hydrogens (tertiary/aromatic N) is 1. The van der Waals surface area contributed by atoms with Crippen LogP contribution in [0.5, 0.6) is 5.75 Å². The normalized spacial score (nSPS) is 18.4. The molecule has 2 unspecified atom stereocenters. The number of rotatable bonds is 10. The van der Waals surface area contributed by atoms with Gasteiger partial charge in [-0.25, -0.2) is 0 Å². The predicted octanol–water partition coefficient (Wildman–Crippen LogP) is 8.35. The first-order valence-electron chi connectivity index (χ1n) is 14.8. The van der Waals surface area contributed by atoms with Crippen LogP contribution in [0.4, 0.5) is 11.4 Å². The zero-order valence-electron chi connectivity index (χ0n) is 23.7. The molecule has 1 aliphatic heterocycles. The summed E-state index contributed by atoms with van der Waals surface area (Å²) in [4.78, 5) is 29.9. The summed E-state index contributed by atoms with van der Waals surface area (Å²) in [5, 5.41) is 3.63. The molecule has 0 fully saturated rings. The van der Waals surface area contributed by atoms with Crippen molar-refractivity contribution < 1.29 is 14.3 Å². The smallest absolute Gasteiger partial charge is 0.227 e. The van der Waals surface area contributed by atoms with Crippen molar-refractivity contribution in [2.45, 2.75) is 77.2 Å². The van der Waals surface area contributed by atoms with E-state index in [1.807, 2.05) is 71.6 Å². The Morgan fingerprint density at radius 1 is 0.850 bits per heavy atom.